The molecule has 0 atom stereocenters. The zero-order valence-electron chi connectivity index (χ0n) is 13.1. The van der Waals surface area contributed by atoms with Crippen LogP contribution >= 0.6 is 0 Å². The van der Waals surface area contributed by atoms with Gasteiger partial charge in [0.15, 0.2) is 0 Å². The molecule has 130 valence electrons. The minimum Gasteiger partial charge on any atom is -0.327 e. The molecule has 0 amide bonds. The van der Waals surface area contributed by atoms with E-state index in [-0.39, 0.29) is 27.7 Å². The third-order valence-electron chi connectivity index (χ3n) is 3.82. The van der Waals surface area contributed by atoms with E-state index in [1.807, 2.05) is 4.72 Å². The number of fused-ring (bicyclic) bond motifs is 1. The second kappa shape index (κ2) is 6.29. The molecule has 3 aromatic rings. The van der Waals surface area contributed by atoms with Crippen LogP contribution in [0.15, 0.2) is 52.3 Å². The summed E-state index contributed by atoms with van der Waals surface area (Å²) >= 11 is 0. The van der Waals surface area contributed by atoms with Crippen LogP contribution in [0.5, 0.6) is 0 Å². The van der Waals surface area contributed by atoms with E-state index in [9.17, 15) is 22.0 Å². The molecule has 3 rings (SSSR count). The SMILES string of the molecule is CCc1cc(F)c(NS(=O)(=O)c2c[nH]c(=O)c3ccccc23)cc1F. The molecule has 1 heterocycles. The number of H-pyrrole nitrogens is 1. The summed E-state index contributed by atoms with van der Waals surface area (Å²) < 4.78 is 55.2. The topological polar surface area (TPSA) is 79.0 Å². The Morgan fingerprint density at radius 3 is 2.44 bits per heavy atom. The van der Waals surface area contributed by atoms with Crippen LogP contribution in [0.4, 0.5) is 14.5 Å². The van der Waals surface area contributed by atoms with Crippen LogP contribution in [0, 0.1) is 11.6 Å². The zero-order chi connectivity index (χ0) is 18.2. The molecule has 0 saturated heterocycles. The summed E-state index contributed by atoms with van der Waals surface area (Å²) in [4.78, 5) is 13.9. The number of anilines is 1. The Kier molecular flexibility index (Phi) is 4.30. The van der Waals surface area contributed by atoms with Crippen molar-refractivity contribution in [2.45, 2.75) is 18.2 Å². The third kappa shape index (κ3) is 3.12. The summed E-state index contributed by atoms with van der Waals surface area (Å²) in [5.74, 6) is -1.58. The fourth-order valence-electron chi connectivity index (χ4n) is 2.54. The lowest BCUT2D eigenvalue weighted by Gasteiger charge is -2.12. The van der Waals surface area contributed by atoms with Gasteiger partial charge in [-0.1, -0.05) is 25.1 Å². The first-order chi connectivity index (χ1) is 11.8. The molecular formula is C17H14F2N2O3S. The molecule has 2 N–H and O–H groups in total. The van der Waals surface area contributed by atoms with Crippen molar-refractivity contribution in [1.29, 1.82) is 0 Å². The van der Waals surface area contributed by atoms with Gasteiger partial charge in [-0.15, -0.1) is 0 Å². The number of sulfonamides is 1. The average Bonchev–Trinajstić information content (AvgIpc) is 2.58. The molecule has 0 aliphatic carbocycles. The molecular weight excluding hydrogens is 350 g/mol. The van der Waals surface area contributed by atoms with Gasteiger partial charge in [-0.05, 0) is 24.1 Å². The Bertz CT molecular complexity index is 1120. The lowest BCUT2D eigenvalue weighted by atomic mass is 10.1. The lowest BCUT2D eigenvalue weighted by Crippen LogP contribution is -2.17. The van der Waals surface area contributed by atoms with Crippen LogP contribution in [0.3, 0.4) is 0 Å². The number of pyridine rings is 1. The van der Waals surface area contributed by atoms with E-state index in [4.69, 9.17) is 0 Å². The van der Waals surface area contributed by atoms with Crippen molar-refractivity contribution in [3.05, 3.63) is 70.1 Å². The highest BCUT2D eigenvalue weighted by Crippen LogP contribution is 2.25. The first-order valence-corrected chi connectivity index (χ1v) is 8.93. The molecule has 0 radical (unpaired) electrons. The predicted octanol–water partition coefficient (Wildman–Crippen LogP) is 3.17. The van der Waals surface area contributed by atoms with Crippen molar-refractivity contribution in [2.75, 3.05) is 4.72 Å². The highest BCUT2D eigenvalue weighted by atomic mass is 32.2. The number of aromatic nitrogens is 1. The van der Waals surface area contributed by atoms with Gasteiger partial charge in [0.1, 0.15) is 16.5 Å². The summed E-state index contributed by atoms with van der Waals surface area (Å²) in [6.07, 6.45) is 1.31. The van der Waals surface area contributed by atoms with Crippen LogP contribution in [-0.4, -0.2) is 13.4 Å². The van der Waals surface area contributed by atoms with Gasteiger partial charge in [0.2, 0.25) is 0 Å². The van der Waals surface area contributed by atoms with Crippen molar-refractivity contribution < 1.29 is 17.2 Å². The van der Waals surface area contributed by atoms with Crippen molar-refractivity contribution in [3.63, 3.8) is 0 Å². The number of nitrogens with one attached hydrogen (secondary N) is 2. The van der Waals surface area contributed by atoms with E-state index in [0.717, 1.165) is 18.3 Å². The second-order valence-electron chi connectivity index (χ2n) is 5.41. The first kappa shape index (κ1) is 17.1. The van der Waals surface area contributed by atoms with Gasteiger partial charge in [0.05, 0.1) is 5.69 Å². The molecule has 1 aromatic heterocycles. The number of hydrogen-bond acceptors (Lipinski definition) is 3. The highest BCUT2D eigenvalue weighted by Gasteiger charge is 2.21. The fourth-order valence-corrected chi connectivity index (χ4v) is 3.78. The standard InChI is InChI=1S/C17H14F2N2O3S/c1-2-10-7-14(19)15(8-13(10)18)21-25(23,24)16-9-20-17(22)12-6-4-3-5-11(12)16/h3-9,21H,2H2,1H3,(H,20,22). The first-order valence-electron chi connectivity index (χ1n) is 7.44. The van der Waals surface area contributed by atoms with Crippen molar-refractivity contribution in [1.82, 2.24) is 4.98 Å². The Morgan fingerprint density at radius 2 is 1.76 bits per heavy atom. The largest absolute Gasteiger partial charge is 0.327 e. The number of rotatable bonds is 4. The number of aromatic amines is 1. The van der Waals surface area contributed by atoms with E-state index in [0.29, 0.717) is 0 Å². The molecule has 0 aliphatic rings. The van der Waals surface area contributed by atoms with Gasteiger partial charge in [-0.25, -0.2) is 17.2 Å². The van der Waals surface area contributed by atoms with Crippen LogP contribution in [-0.2, 0) is 16.4 Å². The Labute approximate surface area is 142 Å². The molecule has 0 saturated carbocycles. The number of hydrogen-bond donors (Lipinski definition) is 2. The molecule has 0 fully saturated rings. The molecule has 25 heavy (non-hydrogen) atoms. The van der Waals surface area contributed by atoms with Gasteiger partial charge < -0.3 is 4.98 Å². The zero-order valence-corrected chi connectivity index (χ0v) is 14.0. The highest BCUT2D eigenvalue weighted by molar-refractivity contribution is 7.93. The van der Waals surface area contributed by atoms with Gasteiger partial charge in [-0.3, -0.25) is 9.52 Å². The molecule has 2 aromatic carbocycles. The predicted molar refractivity (Wildman–Crippen MR) is 91.1 cm³/mol. The smallest absolute Gasteiger partial charge is 0.264 e. The monoisotopic (exact) mass is 364 g/mol. The molecule has 0 spiro atoms. The summed E-state index contributed by atoms with van der Waals surface area (Å²) in [5, 5.41) is 0.364. The van der Waals surface area contributed by atoms with Crippen LogP contribution in [0.25, 0.3) is 10.8 Å². The maximum atomic E-state index is 14.1. The Balaban J connectivity index is 2.12. The van der Waals surface area contributed by atoms with E-state index in [1.165, 1.54) is 12.1 Å². The lowest BCUT2D eigenvalue weighted by molar-refractivity contribution is 0.587. The van der Waals surface area contributed by atoms with Crippen molar-refractivity contribution in [3.8, 4) is 0 Å². The van der Waals surface area contributed by atoms with Crippen LogP contribution in [0.1, 0.15) is 12.5 Å². The summed E-state index contributed by atoms with van der Waals surface area (Å²) in [5.41, 5.74) is -0.793. The Morgan fingerprint density at radius 1 is 1.08 bits per heavy atom. The number of aryl methyl sites for hydroxylation is 1. The van der Waals surface area contributed by atoms with E-state index < -0.39 is 32.9 Å². The quantitative estimate of drug-likeness (QED) is 0.746. The molecule has 0 unspecified atom stereocenters. The third-order valence-corrected chi connectivity index (χ3v) is 5.23. The average molecular weight is 364 g/mol. The minimum absolute atomic E-state index is 0.148. The van der Waals surface area contributed by atoms with Crippen LogP contribution < -0.4 is 10.3 Å². The molecule has 5 nitrogen and oxygen atoms in total. The Hall–Kier alpha value is -2.74. The fraction of sp³-hybridized carbons (Fsp3) is 0.118. The van der Waals surface area contributed by atoms with Crippen molar-refractivity contribution in [2.24, 2.45) is 0 Å². The van der Waals surface area contributed by atoms with E-state index >= 15 is 0 Å². The molecule has 0 bridgehead atoms. The second-order valence-corrected chi connectivity index (χ2v) is 7.06. The maximum Gasteiger partial charge on any atom is 0.264 e. The van der Waals surface area contributed by atoms with Crippen molar-refractivity contribution >= 4 is 26.5 Å². The van der Waals surface area contributed by atoms with Crippen LogP contribution in [0.2, 0.25) is 0 Å². The normalized spacial score (nSPS) is 11.6. The molecule has 0 aliphatic heterocycles. The number of halogens is 2. The van der Waals surface area contributed by atoms with Gasteiger partial charge in [0.25, 0.3) is 15.6 Å². The number of benzene rings is 2. The summed E-state index contributed by atoms with van der Waals surface area (Å²) in [7, 11) is -4.24. The molecule has 8 heteroatoms. The van der Waals surface area contributed by atoms with E-state index in [2.05, 4.69) is 4.98 Å². The maximum absolute atomic E-state index is 14.1. The summed E-state index contributed by atoms with van der Waals surface area (Å²) in [6.45, 7) is 1.66. The van der Waals surface area contributed by atoms with Gasteiger partial charge >= 0.3 is 0 Å². The van der Waals surface area contributed by atoms with Gasteiger partial charge in [0, 0.05) is 23.0 Å². The van der Waals surface area contributed by atoms with E-state index in [1.54, 1.807) is 19.1 Å². The minimum atomic E-state index is -4.24. The summed E-state index contributed by atoms with van der Waals surface area (Å²) in [6, 6.07) is 7.88. The van der Waals surface area contributed by atoms with Gasteiger partial charge in [-0.2, -0.15) is 0 Å².